The third kappa shape index (κ3) is 8.84. The molecule has 1 aromatic carbocycles. The average molecular weight is 291 g/mol. The van der Waals surface area contributed by atoms with E-state index in [2.05, 4.69) is 4.99 Å². The van der Waals surface area contributed by atoms with Gasteiger partial charge in [0.2, 0.25) is 0 Å². The zero-order valence-electron chi connectivity index (χ0n) is 13.0. The zero-order chi connectivity index (χ0) is 15.3. The summed E-state index contributed by atoms with van der Waals surface area (Å²) in [6, 6.07) is 9.72. The SMILES string of the molecule is CCO/C(C)=N/CCCCCC(=O)OCc1ccccc1. The highest BCUT2D eigenvalue weighted by atomic mass is 16.5. The maximum Gasteiger partial charge on any atom is 0.306 e. The molecule has 0 atom stereocenters. The number of carbonyl (C=O) groups excluding carboxylic acids is 1. The number of unbranched alkanes of at least 4 members (excludes halogenated alkanes) is 2. The lowest BCUT2D eigenvalue weighted by molar-refractivity contribution is -0.145. The first-order valence-electron chi connectivity index (χ1n) is 7.55. The van der Waals surface area contributed by atoms with Gasteiger partial charge in [-0.15, -0.1) is 0 Å². The van der Waals surface area contributed by atoms with Crippen molar-refractivity contribution in [3.63, 3.8) is 0 Å². The Bertz CT molecular complexity index is 429. The summed E-state index contributed by atoms with van der Waals surface area (Å²) in [4.78, 5) is 15.9. The lowest BCUT2D eigenvalue weighted by Gasteiger charge is -2.05. The highest BCUT2D eigenvalue weighted by Crippen LogP contribution is 2.05. The first-order chi connectivity index (χ1) is 10.2. The molecule has 1 aromatic rings. The van der Waals surface area contributed by atoms with E-state index < -0.39 is 0 Å². The van der Waals surface area contributed by atoms with Gasteiger partial charge in [0.05, 0.1) is 6.61 Å². The number of ether oxygens (including phenoxy) is 2. The molecular formula is C17H25NO3. The Morgan fingerprint density at radius 2 is 1.86 bits per heavy atom. The Morgan fingerprint density at radius 3 is 2.57 bits per heavy atom. The summed E-state index contributed by atoms with van der Waals surface area (Å²) in [5.74, 6) is 0.604. The second-order valence-electron chi connectivity index (χ2n) is 4.79. The van der Waals surface area contributed by atoms with E-state index in [4.69, 9.17) is 9.47 Å². The van der Waals surface area contributed by atoms with Gasteiger partial charge in [-0.2, -0.15) is 0 Å². The number of hydrogen-bond donors (Lipinski definition) is 0. The van der Waals surface area contributed by atoms with Crippen molar-refractivity contribution < 1.29 is 14.3 Å². The molecule has 0 heterocycles. The van der Waals surface area contributed by atoms with E-state index in [0.717, 1.165) is 37.3 Å². The van der Waals surface area contributed by atoms with Crippen molar-refractivity contribution in [2.45, 2.75) is 46.1 Å². The van der Waals surface area contributed by atoms with Crippen LogP contribution in [0.4, 0.5) is 0 Å². The summed E-state index contributed by atoms with van der Waals surface area (Å²) >= 11 is 0. The number of esters is 1. The minimum Gasteiger partial charge on any atom is -0.481 e. The Hall–Kier alpha value is -1.84. The third-order valence-corrected chi connectivity index (χ3v) is 2.97. The van der Waals surface area contributed by atoms with Crippen LogP contribution in [-0.2, 0) is 20.9 Å². The molecule has 4 nitrogen and oxygen atoms in total. The smallest absolute Gasteiger partial charge is 0.306 e. The van der Waals surface area contributed by atoms with Gasteiger partial charge in [-0.05, 0) is 25.3 Å². The first-order valence-corrected chi connectivity index (χ1v) is 7.55. The van der Waals surface area contributed by atoms with Gasteiger partial charge in [-0.3, -0.25) is 9.79 Å². The molecule has 0 aliphatic rings. The molecule has 21 heavy (non-hydrogen) atoms. The van der Waals surface area contributed by atoms with Crippen LogP contribution in [0.3, 0.4) is 0 Å². The number of nitrogens with zero attached hydrogens (tertiary/aromatic N) is 1. The quantitative estimate of drug-likeness (QED) is 0.301. The number of benzene rings is 1. The molecule has 0 saturated heterocycles. The third-order valence-electron chi connectivity index (χ3n) is 2.97. The van der Waals surface area contributed by atoms with Crippen LogP contribution in [0.2, 0.25) is 0 Å². The summed E-state index contributed by atoms with van der Waals surface area (Å²) in [6.07, 6.45) is 3.26. The molecule has 0 saturated carbocycles. The highest BCUT2D eigenvalue weighted by Gasteiger charge is 2.03. The van der Waals surface area contributed by atoms with Gasteiger partial charge in [0.25, 0.3) is 0 Å². The van der Waals surface area contributed by atoms with E-state index in [1.54, 1.807) is 0 Å². The molecule has 4 heteroatoms. The van der Waals surface area contributed by atoms with Crippen molar-refractivity contribution >= 4 is 11.9 Å². The van der Waals surface area contributed by atoms with E-state index in [-0.39, 0.29) is 5.97 Å². The van der Waals surface area contributed by atoms with E-state index in [1.165, 1.54) is 0 Å². The van der Waals surface area contributed by atoms with Crippen LogP contribution in [-0.4, -0.2) is 25.0 Å². The van der Waals surface area contributed by atoms with Crippen molar-refractivity contribution in [2.75, 3.05) is 13.2 Å². The van der Waals surface area contributed by atoms with Gasteiger partial charge >= 0.3 is 5.97 Å². The van der Waals surface area contributed by atoms with Crippen LogP contribution in [0.1, 0.15) is 45.1 Å². The van der Waals surface area contributed by atoms with Gasteiger partial charge < -0.3 is 9.47 Å². The molecule has 116 valence electrons. The van der Waals surface area contributed by atoms with Crippen LogP contribution in [0.25, 0.3) is 0 Å². The molecule has 0 aromatic heterocycles. The number of carbonyl (C=O) groups is 1. The van der Waals surface area contributed by atoms with Crippen LogP contribution in [0.5, 0.6) is 0 Å². The molecule has 0 radical (unpaired) electrons. The van der Waals surface area contributed by atoms with Gasteiger partial charge in [-0.25, -0.2) is 0 Å². The molecule has 0 aliphatic heterocycles. The molecule has 0 amide bonds. The molecular weight excluding hydrogens is 266 g/mol. The number of aliphatic imine (C=N–C) groups is 1. The zero-order valence-corrected chi connectivity index (χ0v) is 13.0. The fraction of sp³-hybridized carbons (Fsp3) is 0.529. The van der Waals surface area contributed by atoms with E-state index in [0.29, 0.717) is 19.6 Å². The largest absolute Gasteiger partial charge is 0.481 e. The Kier molecular flexibility index (Phi) is 8.93. The summed E-state index contributed by atoms with van der Waals surface area (Å²) in [6.45, 7) is 5.58. The van der Waals surface area contributed by atoms with E-state index in [9.17, 15) is 4.79 Å². The van der Waals surface area contributed by atoms with Crippen LogP contribution < -0.4 is 0 Å². The second kappa shape index (κ2) is 10.9. The van der Waals surface area contributed by atoms with Gasteiger partial charge in [0, 0.05) is 19.9 Å². The monoisotopic (exact) mass is 291 g/mol. The summed E-state index contributed by atoms with van der Waals surface area (Å²) in [7, 11) is 0. The minimum atomic E-state index is -0.132. The summed E-state index contributed by atoms with van der Waals surface area (Å²) < 4.78 is 10.5. The van der Waals surface area contributed by atoms with Crippen molar-refractivity contribution in [1.29, 1.82) is 0 Å². The molecule has 0 bridgehead atoms. The fourth-order valence-corrected chi connectivity index (χ4v) is 1.86. The van der Waals surface area contributed by atoms with Crippen LogP contribution >= 0.6 is 0 Å². The number of rotatable bonds is 9. The van der Waals surface area contributed by atoms with E-state index >= 15 is 0 Å². The fourth-order valence-electron chi connectivity index (χ4n) is 1.86. The molecule has 0 spiro atoms. The molecule has 0 fully saturated rings. The van der Waals surface area contributed by atoms with Gasteiger partial charge in [0.15, 0.2) is 5.90 Å². The maximum atomic E-state index is 11.6. The van der Waals surface area contributed by atoms with Crippen LogP contribution in [0, 0.1) is 0 Å². The lowest BCUT2D eigenvalue weighted by atomic mass is 10.2. The van der Waals surface area contributed by atoms with Crippen molar-refractivity contribution in [2.24, 2.45) is 4.99 Å². The number of hydrogen-bond acceptors (Lipinski definition) is 4. The molecule has 0 unspecified atom stereocenters. The average Bonchev–Trinajstić information content (AvgIpc) is 2.50. The Balaban J connectivity index is 2.02. The minimum absolute atomic E-state index is 0.132. The molecule has 0 N–H and O–H groups in total. The summed E-state index contributed by atoms with van der Waals surface area (Å²) in [5.41, 5.74) is 1.02. The van der Waals surface area contributed by atoms with Crippen LogP contribution in [0.15, 0.2) is 35.3 Å². The van der Waals surface area contributed by atoms with Crippen molar-refractivity contribution in [3.8, 4) is 0 Å². The summed E-state index contributed by atoms with van der Waals surface area (Å²) in [5, 5.41) is 0. The molecule has 0 aliphatic carbocycles. The lowest BCUT2D eigenvalue weighted by Crippen LogP contribution is -2.04. The topological polar surface area (TPSA) is 47.9 Å². The second-order valence-corrected chi connectivity index (χ2v) is 4.79. The van der Waals surface area contributed by atoms with Crippen molar-refractivity contribution in [1.82, 2.24) is 0 Å². The normalized spacial score (nSPS) is 11.2. The molecule has 1 rings (SSSR count). The van der Waals surface area contributed by atoms with Gasteiger partial charge in [-0.1, -0.05) is 36.8 Å². The van der Waals surface area contributed by atoms with Crippen molar-refractivity contribution in [3.05, 3.63) is 35.9 Å². The Labute approximate surface area is 127 Å². The van der Waals surface area contributed by atoms with Gasteiger partial charge in [0.1, 0.15) is 6.61 Å². The highest BCUT2D eigenvalue weighted by molar-refractivity contribution is 5.73. The predicted molar refractivity (Wildman–Crippen MR) is 84.3 cm³/mol. The first kappa shape index (κ1) is 17.2. The predicted octanol–water partition coefficient (Wildman–Crippen LogP) is 3.75. The maximum absolute atomic E-state index is 11.6. The van der Waals surface area contributed by atoms with E-state index in [1.807, 2.05) is 44.2 Å². The standard InChI is InChI=1S/C17H25NO3/c1-3-20-15(2)18-13-9-5-8-12-17(19)21-14-16-10-6-4-7-11-16/h4,6-7,10-11H,3,5,8-9,12-14H2,1-2H3/b18-15+. The Morgan fingerprint density at radius 1 is 1.10 bits per heavy atom.